The Hall–Kier alpha value is -3.29. The van der Waals surface area contributed by atoms with E-state index in [9.17, 15) is 19.1 Å². The number of carbonyl (C=O) groups excluding carboxylic acids is 1. The number of carboxylic acid groups (broad SMARTS) is 1. The van der Waals surface area contributed by atoms with Gasteiger partial charge in [-0.2, -0.15) is 0 Å². The Morgan fingerprint density at radius 3 is 2.63 bits per heavy atom. The van der Waals surface area contributed by atoms with Gasteiger partial charge in [0.1, 0.15) is 5.60 Å². The molecule has 0 radical (unpaired) electrons. The van der Waals surface area contributed by atoms with Crippen LogP contribution in [0.15, 0.2) is 48.8 Å². The lowest BCUT2D eigenvalue weighted by atomic mass is 9.80. The third-order valence-electron chi connectivity index (χ3n) is 4.68. The summed E-state index contributed by atoms with van der Waals surface area (Å²) >= 11 is 0. The van der Waals surface area contributed by atoms with E-state index in [0.717, 1.165) is 18.0 Å². The number of benzene rings is 1. The molecule has 1 aromatic heterocycles. The van der Waals surface area contributed by atoms with Crippen molar-refractivity contribution in [3.05, 3.63) is 60.2 Å². The first-order valence-corrected chi connectivity index (χ1v) is 9.55. The Kier molecular flexibility index (Phi) is 5.87. The molecule has 1 aliphatic rings. The number of amides is 1. The molecule has 3 rings (SSSR count). The third kappa shape index (κ3) is 5.20. The fourth-order valence-electron chi connectivity index (χ4n) is 3.40. The molecule has 0 unspecified atom stereocenters. The molecule has 1 aliphatic carbocycles. The topological polar surface area (TPSA) is 101 Å². The molecule has 1 aromatic carbocycles. The van der Waals surface area contributed by atoms with Crippen LogP contribution in [0.3, 0.4) is 0 Å². The maximum absolute atomic E-state index is 13.1. The number of halogens is 1. The normalized spacial score (nSPS) is 20.7. The van der Waals surface area contributed by atoms with Crippen LogP contribution in [0.5, 0.6) is 0 Å². The first-order valence-electron chi connectivity index (χ1n) is 9.55. The van der Waals surface area contributed by atoms with Gasteiger partial charge in [0.15, 0.2) is 11.6 Å². The zero-order valence-electron chi connectivity index (χ0n) is 17.1. The fourth-order valence-corrected chi connectivity index (χ4v) is 3.40. The van der Waals surface area contributed by atoms with Crippen molar-refractivity contribution in [1.29, 1.82) is 0 Å². The second kappa shape index (κ2) is 8.22. The number of alkyl carbamates (subject to hydrolysis) is 1. The second-order valence-electron chi connectivity index (χ2n) is 8.38. The number of nitrogens with one attached hydrogen (secondary N) is 1. The molecule has 1 heterocycles. The van der Waals surface area contributed by atoms with Gasteiger partial charge in [0.25, 0.3) is 0 Å². The lowest BCUT2D eigenvalue weighted by Gasteiger charge is -2.25. The van der Waals surface area contributed by atoms with Gasteiger partial charge in [-0.15, -0.1) is 0 Å². The highest BCUT2D eigenvalue weighted by atomic mass is 19.1. The van der Waals surface area contributed by atoms with E-state index in [0.29, 0.717) is 11.4 Å². The first-order chi connectivity index (χ1) is 14.1. The number of aliphatic carboxylic acids is 1. The molecule has 0 spiro atoms. The molecule has 2 atom stereocenters. The van der Waals surface area contributed by atoms with Crippen molar-refractivity contribution < 1.29 is 23.8 Å². The van der Waals surface area contributed by atoms with Gasteiger partial charge < -0.3 is 15.2 Å². The molecule has 7 nitrogen and oxygen atoms in total. The van der Waals surface area contributed by atoms with Crippen LogP contribution in [0.4, 0.5) is 9.18 Å². The van der Waals surface area contributed by atoms with Crippen molar-refractivity contribution in [2.45, 2.75) is 45.3 Å². The Morgan fingerprint density at radius 1 is 1.30 bits per heavy atom. The summed E-state index contributed by atoms with van der Waals surface area (Å²) in [5.41, 5.74) is -0.370. The standard InChI is InChI=1S/C22H24FN3O4/c1-21(2,3)30-20(29)26-17-7-8-22(11-17,19(27)28)10-14-5-4-6-15(9-14)18-24-12-16(23)13-25-18/h4-9,12-13,17H,10-11H2,1-3H3,(H,26,29)(H,27,28)/t17-,22+/m0/s1. The molecule has 30 heavy (non-hydrogen) atoms. The van der Waals surface area contributed by atoms with Crippen LogP contribution >= 0.6 is 0 Å². The quantitative estimate of drug-likeness (QED) is 0.724. The molecule has 158 valence electrons. The van der Waals surface area contributed by atoms with Crippen LogP contribution in [0.2, 0.25) is 0 Å². The van der Waals surface area contributed by atoms with E-state index in [1.807, 2.05) is 6.07 Å². The smallest absolute Gasteiger partial charge is 0.408 e. The Morgan fingerprint density at radius 2 is 2.00 bits per heavy atom. The minimum absolute atomic E-state index is 0.207. The van der Waals surface area contributed by atoms with Gasteiger partial charge in [-0.25, -0.2) is 19.2 Å². The molecule has 0 aliphatic heterocycles. The summed E-state index contributed by atoms with van der Waals surface area (Å²) in [6.45, 7) is 5.28. The van der Waals surface area contributed by atoms with Gasteiger partial charge in [-0.3, -0.25) is 4.79 Å². The summed E-state index contributed by atoms with van der Waals surface area (Å²) in [5, 5.41) is 12.6. The van der Waals surface area contributed by atoms with Crippen LogP contribution in [0, 0.1) is 11.2 Å². The molecule has 8 heteroatoms. The molecule has 0 fully saturated rings. The zero-order chi connectivity index (χ0) is 21.9. The van der Waals surface area contributed by atoms with E-state index in [-0.39, 0.29) is 12.8 Å². The van der Waals surface area contributed by atoms with E-state index >= 15 is 0 Å². The van der Waals surface area contributed by atoms with E-state index < -0.39 is 34.9 Å². The largest absolute Gasteiger partial charge is 0.481 e. The van der Waals surface area contributed by atoms with Crippen LogP contribution < -0.4 is 5.32 Å². The van der Waals surface area contributed by atoms with Crippen LogP contribution in [-0.2, 0) is 16.0 Å². The summed E-state index contributed by atoms with van der Waals surface area (Å²) in [5.74, 6) is -1.15. The third-order valence-corrected chi connectivity index (χ3v) is 4.68. The maximum atomic E-state index is 13.1. The van der Waals surface area contributed by atoms with Crippen LogP contribution in [0.25, 0.3) is 11.4 Å². The van der Waals surface area contributed by atoms with E-state index in [2.05, 4.69) is 15.3 Å². The van der Waals surface area contributed by atoms with Crippen molar-refractivity contribution in [1.82, 2.24) is 15.3 Å². The number of hydrogen-bond donors (Lipinski definition) is 2. The van der Waals surface area contributed by atoms with E-state index in [4.69, 9.17) is 4.74 Å². The molecular formula is C22H24FN3O4. The SMILES string of the molecule is CC(C)(C)OC(=O)N[C@H]1C=C[C@](Cc2cccc(-c3ncc(F)cn3)c2)(C(=O)O)C1. The Balaban J connectivity index is 1.75. The van der Waals surface area contributed by atoms with Gasteiger partial charge in [0, 0.05) is 5.56 Å². The predicted octanol–water partition coefficient (Wildman–Crippen LogP) is 3.75. The fraction of sp³-hybridized carbons (Fsp3) is 0.364. The molecule has 1 amide bonds. The van der Waals surface area contributed by atoms with Gasteiger partial charge in [0.05, 0.1) is 23.9 Å². The van der Waals surface area contributed by atoms with Gasteiger partial charge in [-0.1, -0.05) is 30.4 Å². The number of ether oxygens (including phenoxy) is 1. The summed E-state index contributed by atoms with van der Waals surface area (Å²) in [4.78, 5) is 32.1. The summed E-state index contributed by atoms with van der Waals surface area (Å²) in [7, 11) is 0. The van der Waals surface area contributed by atoms with Crippen molar-refractivity contribution in [2.75, 3.05) is 0 Å². The maximum Gasteiger partial charge on any atom is 0.408 e. The first kappa shape index (κ1) is 21.4. The molecule has 0 bridgehead atoms. The number of carboxylic acids is 1. The van der Waals surface area contributed by atoms with Gasteiger partial charge in [-0.05, 0) is 45.2 Å². The molecule has 0 saturated heterocycles. The molecular weight excluding hydrogens is 389 g/mol. The van der Waals surface area contributed by atoms with Crippen LogP contribution in [0.1, 0.15) is 32.8 Å². The number of hydrogen-bond acceptors (Lipinski definition) is 5. The summed E-state index contributed by atoms with van der Waals surface area (Å²) in [6.07, 6.45) is 5.32. The zero-order valence-corrected chi connectivity index (χ0v) is 17.1. The number of carbonyl (C=O) groups is 2. The Labute approximate surface area is 174 Å². The highest BCUT2D eigenvalue weighted by Gasteiger charge is 2.42. The lowest BCUT2D eigenvalue weighted by Crippen LogP contribution is -2.40. The molecule has 2 aromatic rings. The summed E-state index contributed by atoms with van der Waals surface area (Å²) in [6, 6.07) is 6.73. The van der Waals surface area contributed by atoms with Crippen molar-refractivity contribution in [3.63, 3.8) is 0 Å². The average Bonchev–Trinajstić information content (AvgIpc) is 3.04. The average molecular weight is 413 g/mol. The second-order valence-corrected chi connectivity index (χ2v) is 8.38. The lowest BCUT2D eigenvalue weighted by molar-refractivity contribution is -0.146. The van der Waals surface area contributed by atoms with Gasteiger partial charge in [0.2, 0.25) is 0 Å². The highest BCUT2D eigenvalue weighted by molar-refractivity contribution is 5.79. The monoisotopic (exact) mass is 413 g/mol. The van der Waals surface area contributed by atoms with E-state index in [1.165, 1.54) is 0 Å². The summed E-state index contributed by atoms with van der Waals surface area (Å²) < 4.78 is 18.3. The minimum Gasteiger partial charge on any atom is -0.481 e. The number of nitrogens with zero attached hydrogens (tertiary/aromatic N) is 2. The molecule has 0 saturated carbocycles. The van der Waals surface area contributed by atoms with E-state index in [1.54, 1.807) is 51.1 Å². The van der Waals surface area contributed by atoms with Crippen molar-refractivity contribution >= 4 is 12.1 Å². The van der Waals surface area contributed by atoms with Crippen molar-refractivity contribution in [3.8, 4) is 11.4 Å². The predicted molar refractivity (Wildman–Crippen MR) is 108 cm³/mol. The van der Waals surface area contributed by atoms with Gasteiger partial charge >= 0.3 is 12.1 Å². The van der Waals surface area contributed by atoms with Crippen molar-refractivity contribution in [2.24, 2.45) is 5.41 Å². The highest BCUT2D eigenvalue weighted by Crippen LogP contribution is 2.37. The Bertz CT molecular complexity index is 969. The molecule has 2 N–H and O–H groups in total. The number of rotatable bonds is 5. The number of aromatic nitrogens is 2. The van der Waals surface area contributed by atoms with Crippen LogP contribution in [-0.4, -0.2) is 38.8 Å². The minimum atomic E-state index is -1.16.